The van der Waals surface area contributed by atoms with Gasteiger partial charge in [-0.1, -0.05) is 127 Å². The minimum Gasteiger partial charge on any atom is -0.463 e. The smallest absolute Gasteiger partial charge is 0.379 e. The number of hydrogen-bond acceptors (Lipinski definition) is 13. The molecular weight excluding hydrogens is 736 g/mol. The van der Waals surface area contributed by atoms with Gasteiger partial charge in [0, 0.05) is 12.0 Å². The van der Waals surface area contributed by atoms with E-state index in [-0.39, 0.29) is 25.8 Å². The molecule has 0 spiro atoms. The maximum atomic E-state index is 11.9. The molecule has 0 aromatic heterocycles. The summed E-state index contributed by atoms with van der Waals surface area (Å²) in [5.74, 6) is -1.71. The van der Waals surface area contributed by atoms with Gasteiger partial charge in [-0.2, -0.15) is 0 Å². The largest absolute Gasteiger partial charge is 0.463 e. The second-order valence-corrected chi connectivity index (χ2v) is 13.7. The van der Waals surface area contributed by atoms with Crippen LogP contribution in [0.4, 0.5) is 0 Å². The van der Waals surface area contributed by atoms with Crippen molar-refractivity contribution in [3.05, 3.63) is 35.9 Å². The van der Waals surface area contributed by atoms with Crippen LogP contribution < -0.4 is 0 Å². The fraction of sp³-hybridized carbons (Fsp3) is 0.795. The highest BCUT2D eigenvalue weighted by atomic mass is 16.6. The van der Waals surface area contributed by atoms with Crippen LogP contribution in [0.1, 0.15) is 120 Å². The molecule has 0 atom stereocenters. The zero-order valence-electron chi connectivity index (χ0n) is 35.2. The second kappa shape index (κ2) is 43.1. The molecule has 0 aliphatic carbocycles. The molecule has 0 amide bonds. The SMILES string of the molecule is CCCCCCCCCCCCCCCCCC(=O)OCCOCCOCCOCCOCCOCCOCCOCCOCCOC(=O)C(=O)c1ccccc1. The molecule has 0 aliphatic heterocycles. The zero-order chi connectivity index (χ0) is 41.0. The number of ketones is 1. The maximum Gasteiger partial charge on any atom is 0.379 e. The van der Waals surface area contributed by atoms with Gasteiger partial charge in [0.15, 0.2) is 0 Å². The van der Waals surface area contributed by atoms with Crippen LogP contribution in [0.25, 0.3) is 0 Å². The number of benzene rings is 1. The summed E-state index contributed by atoms with van der Waals surface area (Å²) in [6.07, 6.45) is 20.1. The van der Waals surface area contributed by atoms with E-state index in [9.17, 15) is 14.4 Å². The highest BCUT2D eigenvalue weighted by Crippen LogP contribution is 2.14. The van der Waals surface area contributed by atoms with Crippen molar-refractivity contribution in [2.75, 3.05) is 119 Å². The molecule has 0 radical (unpaired) electrons. The highest BCUT2D eigenvalue weighted by molar-refractivity contribution is 6.40. The van der Waals surface area contributed by atoms with E-state index in [1.807, 2.05) is 0 Å². The van der Waals surface area contributed by atoms with E-state index >= 15 is 0 Å². The van der Waals surface area contributed by atoms with Gasteiger partial charge in [-0.25, -0.2) is 4.79 Å². The van der Waals surface area contributed by atoms with Crippen molar-refractivity contribution < 1.29 is 61.8 Å². The van der Waals surface area contributed by atoms with Crippen LogP contribution in [0, 0.1) is 0 Å². The molecule has 0 fully saturated rings. The van der Waals surface area contributed by atoms with E-state index in [1.165, 1.54) is 83.5 Å². The molecule has 13 nitrogen and oxygen atoms in total. The summed E-state index contributed by atoms with van der Waals surface area (Å²) < 4.78 is 53.8. The summed E-state index contributed by atoms with van der Waals surface area (Å²) in [5.41, 5.74) is 0.295. The van der Waals surface area contributed by atoms with Crippen LogP contribution in [0.5, 0.6) is 0 Å². The summed E-state index contributed by atoms with van der Waals surface area (Å²) >= 11 is 0. The predicted molar refractivity (Wildman–Crippen MR) is 219 cm³/mol. The zero-order valence-corrected chi connectivity index (χ0v) is 35.2. The lowest BCUT2D eigenvalue weighted by atomic mass is 10.0. The third kappa shape index (κ3) is 37.5. The molecule has 0 heterocycles. The Balaban J connectivity index is 1.67. The van der Waals surface area contributed by atoms with E-state index in [2.05, 4.69) is 6.92 Å². The Morgan fingerprint density at radius 3 is 1.02 bits per heavy atom. The number of carbonyl (C=O) groups is 3. The van der Waals surface area contributed by atoms with Gasteiger partial charge in [-0.15, -0.1) is 0 Å². The monoisotopic (exact) mass is 813 g/mol. The first-order chi connectivity index (χ1) is 28.1. The van der Waals surface area contributed by atoms with E-state index in [4.69, 9.17) is 47.4 Å². The van der Waals surface area contributed by atoms with Gasteiger partial charge in [0.25, 0.3) is 5.78 Å². The maximum absolute atomic E-state index is 11.9. The molecule has 13 heteroatoms. The molecule has 0 N–H and O–H groups in total. The Kier molecular flexibility index (Phi) is 39.7. The third-order valence-corrected chi connectivity index (χ3v) is 8.76. The first-order valence-electron chi connectivity index (χ1n) is 21.7. The van der Waals surface area contributed by atoms with Gasteiger partial charge in [0.2, 0.25) is 0 Å². The summed E-state index contributed by atoms with van der Waals surface area (Å²) in [5, 5.41) is 0. The minimum atomic E-state index is -0.898. The van der Waals surface area contributed by atoms with E-state index in [0.29, 0.717) is 111 Å². The standard InChI is InChI=1S/C44H76O13/c1-2-3-4-5-6-7-8-9-10-11-12-13-14-15-19-22-42(45)56-39-37-54-35-33-52-31-29-50-27-25-48-23-24-49-26-28-51-30-32-53-34-36-55-38-40-57-44(47)43(46)41-20-17-16-18-21-41/h16-18,20-21H,2-15,19,22-40H2,1H3. The molecule has 0 saturated carbocycles. The molecule has 57 heavy (non-hydrogen) atoms. The molecule has 0 unspecified atom stereocenters. The summed E-state index contributed by atoms with van der Waals surface area (Å²) in [7, 11) is 0. The highest BCUT2D eigenvalue weighted by Gasteiger charge is 2.17. The van der Waals surface area contributed by atoms with Crippen LogP contribution in [-0.4, -0.2) is 137 Å². The van der Waals surface area contributed by atoms with E-state index in [1.54, 1.807) is 30.3 Å². The average Bonchev–Trinajstić information content (AvgIpc) is 3.23. The van der Waals surface area contributed by atoms with Crippen molar-refractivity contribution in [2.24, 2.45) is 0 Å². The number of esters is 2. The van der Waals surface area contributed by atoms with Gasteiger partial charge in [0.05, 0.1) is 106 Å². The van der Waals surface area contributed by atoms with Gasteiger partial charge in [-0.05, 0) is 6.42 Å². The van der Waals surface area contributed by atoms with Crippen molar-refractivity contribution in [1.29, 1.82) is 0 Å². The molecule has 1 rings (SSSR count). The lowest BCUT2D eigenvalue weighted by Crippen LogP contribution is -2.20. The van der Waals surface area contributed by atoms with Crippen molar-refractivity contribution in [2.45, 2.75) is 110 Å². The number of ether oxygens (including phenoxy) is 10. The number of unbranched alkanes of at least 4 members (excludes halogenated alkanes) is 14. The van der Waals surface area contributed by atoms with Crippen molar-refractivity contribution in [3.63, 3.8) is 0 Å². The van der Waals surface area contributed by atoms with Crippen LogP contribution in [-0.2, 0) is 57.0 Å². The first-order valence-corrected chi connectivity index (χ1v) is 21.7. The molecule has 1 aromatic carbocycles. The van der Waals surface area contributed by atoms with Crippen LogP contribution in [0.3, 0.4) is 0 Å². The molecule has 0 saturated heterocycles. The normalized spacial score (nSPS) is 11.2. The summed E-state index contributed by atoms with van der Waals surface area (Å²) in [6, 6.07) is 8.26. The second-order valence-electron chi connectivity index (χ2n) is 13.7. The summed E-state index contributed by atoms with van der Waals surface area (Å²) in [6.45, 7) is 9.30. The topological polar surface area (TPSA) is 144 Å². The Morgan fingerprint density at radius 1 is 0.368 bits per heavy atom. The Bertz CT molecular complexity index is 1030. The summed E-state index contributed by atoms with van der Waals surface area (Å²) in [4.78, 5) is 35.6. The fourth-order valence-corrected chi connectivity index (χ4v) is 5.53. The lowest BCUT2D eigenvalue weighted by molar-refractivity contribution is -0.145. The van der Waals surface area contributed by atoms with Gasteiger partial charge >= 0.3 is 11.9 Å². The quantitative estimate of drug-likeness (QED) is 0.0281. The van der Waals surface area contributed by atoms with Crippen molar-refractivity contribution in [1.82, 2.24) is 0 Å². The van der Waals surface area contributed by atoms with Gasteiger partial charge in [0.1, 0.15) is 13.2 Å². The Labute approximate surface area is 343 Å². The molecule has 1 aromatic rings. The Hall–Kier alpha value is -2.49. The van der Waals surface area contributed by atoms with Crippen LogP contribution in [0.2, 0.25) is 0 Å². The average molecular weight is 813 g/mol. The fourth-order valence-electron chi connectivity index (χ4n) is 5.53. The Morgan fingerprint density at radius 2 is 0.667 bits per heavy atom. The molecular formula is C44H76O13. The van der Waals surface area contributed by atoms with Gasteiger partial charge in [-0.3, -0.25) is 9.59 Å². The minimum absolute atomic E-state index is 0.00452. The van der Waals surface area contributed by atoms with E-state index in [0.717, 1.165) is 12.8 Å². The third-order valence-electron chi connectivity index (χ3n) is 8.76. The van der Waals surface area contributed by atoms with Gasteiger partial charge < -0.3 is 47.4 Å². The number of Topliss-reactive ketones (excluding diaryl/α,β-unsaturated/α-hetero) is 1. The molecule has 0 bridgehead atoms. The number of hydrogen-bond donors (Lipinski definition) is 0. The lowest BCUT2D eigenvalue weighted by Gasteiger charge is -2.09. The first kappa shape index (κ1) is 52.5. The molecule has 330 valence electrons. The van der Waals surface area contributed by atoms with Crippen LogP contribution >= 0.6 is 0 Å². The number of rotatable bonds is 45. The van der Waals surface area contributed by atoms with E-state index < -0.39 is 11.8 Å². The van der Waals surface area contributed by atoms with Crippen LogP contribution in [0.15, 0.2) is 30.3 Å². The molecule has 0 aliphatic rings. The van der Waals surface area contributed by atoms with Crippen molar-refractivity contribution >= 4 is 17.7 Å². The number of carbonyl (C=O) groups excluding carboxylic acids is 3. The predicted octanol–water partition coefficient (Wildman–Crippen LogP) is 7.35. The van der Waals surface area contributed by atoms with Crippen molar-refractivity contribution in [3.8, 4) is 0 Å².